The zero-order valence-electron chi connectivity index (χ0n) is 14.0. The van der Waals surface area contributed by atoms with Gasteiger partial charge >= 0.3 is 0 Å². The molecule has 0 aliphatic carbocycles. The number of fused-ring (bicyclic) bond motifs is 1. The second-order valence-corrected chi connectivity index (χ2v) is 8.07. The summed E-state index contributed by atoms with van der Waals surface area (Å²) in [5, 5.41) is 4.07. The van der Waals surface area contributed by atoms with Crippen molar-refractivity contribution in [2.75, 3.05) is 5.32 Å². The minimum absolute atomic E-state index is 0.328. The van der Waals surface area contributed by atoms with E-state index in [0.29, 0.717) is 48.9 Å². The number of benzene rings is 3. The molecule has 4 nitrogen and oxygen atoms in total. The smallest absolute Gasteiger partial charge is 0.257 e. The van der Waals surface area contributed by atoms with Crippen LogP contribution < -0.4 is 5.32 Å². The van der Waals surface area contributed by atoms with Crippen molar-refractivity contribution in [3.05, 3.63) is 79.7 Å². The van der Waals surface area contributed by atoms with Crippen LogP contribution in [0.5, 0.6) is 0 Å². The van der Waals surface area contributed by atoms with Gasteiger partial charge < -0.3 is 9.73 Å². The van der Waals surface area contributed by atoms with Crippen LogP contribution in [-0.4, -0.2) is 10.9 Å². The van der Waals surface area contributed by atoms with Gasteiger partial charge in [0.2, 0.25) is 5.89 Å². The fraction of sp³-hybridized carbons (Fsp3) is 0. The largest absolute Gasteiger partial charge is 0.436 e. The second-order valence-electron chi connectivity index (χ2n) is 5.90. The van der Waals surface area contributed by atoms with Gasteiger partial charge in [0, 0.05) is 15.1 Å². The molecule has 0 saturated carbocycles. The summed E-state index contributed by atoms with van der Waals surface area (Å²) in [5.74, 6) is 0.0135. The molecule has 1 amide bonds. The lowest BCUT2D eigenvalue weighted by Crippen LogP contribution is -2.13. The molecule has 0 aliphatic rings. The van der Waals surface area contributed by atoms with E-state index >= 15 is 0 Å². The number of amides is 1. The highest BCUT2D eigenvalue weighted by molar-refractivity contribution is 9.10. The van der Waals surface area contributed by atoms with Gasteiger partial charge in [0.25, 0.3) is 5.91 Å². The Morgan fingerprint density at radius 3 is 2.57 bits per heavy atom. The number of nitrogens with zero attached hydrogens (tertiary/aromatic N) is 1. The number of rotatable bonds is 3. The third kappa shape index (κ3) is 3.89. The van der Waals surface area contributed by atoms with E-state index in [4.69, 9.17) is 39.2 Å². The monoisotopic (exact) mass is 494 g/mol. The minimum atomic E-state index is -0.380. The van der Waals surface area contributed by atoms with Crippen LogP contribution >= 0.6 is 50.7 Å². The highest BCUT2D eigenvalue weighted by atomic mass is 79.9. The predicted molar refractivity (Wildman–Crippen MR) is 117 cm³/mol. The van der Waals surface area contributed by atoms with Crippen molar-refractivity contribution < 1.29 is 9.21 Å². The maximum Gasteiger partial charge on any atom is 0.257 e. The Kier molecular flexibility index (Phi) is 5.34. The van der Waals surface area contributed by atoms with E-state index in [1.54, 1.807) is 54.6 Å². The molecule has 1 heterocycles. The molecule has 0 atom stereocenters. The molecule has 0 aliphatic heterocycles. The number of hydrogen-bond acceptors (Lipinski definition) is 3. The fourth-order valence-corrected chi connectivity index (χ4v) is 3.53. The van der Waals surface area contributed by atoms with E-state index in [2.05, 4.69) is 26.2 Å². The number of hydrogen-bond donors (Lipinski definition) is 1. The van der Waals surface area contributed by atoms with Gasteiger partial charge in [-0.25, -0.2) is 4.98 Å². The van der Waals surface area contributed by atoms with Crippen molar-refractivity contribution in [3.8, 4) is 11.5 Å². The van der Waals surface area contributed by atoms with Crippen LogP contribution in [0.25, 0.3) is 22.6 Å². The number of nitrogens with one attached hydrogen (secondary N) is 1. The van der Waals surface area contributed by atoms with Crippen LogP contribution in [0.1, 0.15) is 10.4 Å². The maximum atomic E-state index is 12.6. The summed E-state index contributed by atoms with van der Waals surface area (Å²) in [7, 11) is 0. The lowest BCUT2D eigenvalue weighted by Gasteiger charge is -2.10. The summed E-state index contributed by atoms with van der Waals surface area (Å²) >= 11 is 21.7. The summed E-state index contributed by atoms with van der Waals surface area (Å²) in [6, 6.07) is 15.4. The Morgan fingerprint density at radius 2 is 1.75 bits per heavy atom. The first-order valence-electron chi connectivity index (χ1n) is 8.03. The van der Waals surface area contributed by atoms with Gasteiger partial charge in [-0.1, -0.05) is 50.7 Å². The first-order valence-corrected chi connectivity index (χ1v) is 9.96. The third-order valence-electron chi connectivity index (χ3n) is 3.98. The van der Waals surface area contributed by atoms with Gasteiger partial charge in [0.15, 0.2) is 5.58 Å². The highest BCUT2D eigenvalue weighted by Crippen LogP contribution is 2.32. The normalized spacial score (nSPS) is 11.0. The third-order valence-corrected chi connectivity index (χ3v) is 5.37. The van der Waals surface area contributed by atoms with Crippen LogP contribution in [0.15, 0.2) is 63.5 Å². The molecule has 3 aromatic carbocycles. The van der Waals surface area contributed by atoms with Crippen LogP contribution in [-0.2, 0) is 0 Å². The lowest BCUT2D eigenvalue weighted by atomic mass is 10.1. The molecule has 0 bridgehead atoms. The van der Waals surface area contributed by atoms with Crippen LogP contribution in [0, 0.1) is 0 Å². The van der Waals surface area contributed by atoms with Gasteiger partial charge in [0.1, 0.15) is 5.52 Å². The number of oxazole rings is 1. The van der Waals surface area contributed by atoms with E-state index in [1.807, 2.05) is 0 Å². The molecule has 0 radical (unpaired) electrons. The molecular formula is C20H10BrCl3N2O2. The van der Waals surface area contributed by atoms with Crippen molar-refractivity contribution in [2.24, 2.45) is 0 Å². The van der Waals surface area contributed by atoms with Crippen molar-refractivity contribution in [1.82, 2.24) is 4.98 Å². The average Bonchev–Trinajstić information content (AvgIpc) is 3.08. The second kappa shape index (κ2) is 7.76. The van der Waals surface area contributed by atoms with Crippen molar-refractivity contribution in [2.45, 2.75) is 0 Å². The van der Waals surface area contributed by atoms with Crippen molar-refractivity contribution in [3.63, 3.8) is 0 Å². The number of carbonyl (C=O) groups excluding carboxylic acids is 1. The first-order chi connectivity index (χ1) is 13.4. The molecule has 0 unspecified atom stereocenters. The van der Waals surface area contributed by atoms with Gasteiger partial charge in [-0.05, 0) is 54.6 Å². The standard InChI is InChI=1S/C20H10BrCl3N2O2/c21-11-2-5-14(23)13(8-11)19(27)25-16-7-10(1-4-15(16)24)20-26-17-9-12(22)3-6-18(17)28-20/h1-9H,(H,25,27). The number of anilines is 1. The number of carbonyl (C=O) groups is 1. The quantitative estimate of drug-likeness (QED) is 0.320. The molecule has 0 saturated heterocycles. The van der Waals surface area contributed by atoms with Gasteiger partial charge in [-0.2, -0.15) is 0 Å². The molecule has 140 valence electrons. The summed E-state index contributed by atoms with van der Waals surface area (Å²) in [5.41, 5.74) is 2.66. The number of halogens is 4. The van der Waals surface area contributed by atoms with E-state index in [0.717, 1.165) is 4.47 Å². The molecule has 4 rings (SSSR count). The van der Waals surface area contributed by atoms with Crippen molar-refractivity contribution >= 4 is 73.4 Å². The zero-order chi connectivity index (χ0) is 19.8. The SMILES string of the molecule is O=C(Nc1cc(-c2nc3cc(Cl)ccc3o2)ccc1Cl)c1cc(Br)ccc1Cl. The minimum Gasteiger partial charge on any atom is -0.436 e. The van der Waals surface area contributed by atoms with Crippen LogP contribution in [0.3, 0.4) is 0 Å². The lowest BCUT2D eigenvalue weighted by molar-refractivity contribution is 0.102. The van der Waals surface area contributed by atoms with E-state index in [1.165, 1.54) is 0 Å². The maximum absolute atomic E-state index is 12.6. The van der Waals surface area contributed by atoms with Crippen LogP contribution in [0.4, 0.5) is 5.69 Å². The molecule has 28 heavy (non-hydrogen) atoms. The number of aromatic nitrogens is 1. The Morgan fingerprint density at radius 1 is 0.964 bits per heavy atom. The Labute approximate surface area is 183 Å². The van der Waals surface area contributed by atoms with E-state index in [-0.39, 0.29) is 5.91 Å². The summed E-state index contributed by atoms with van der Waals surface area (Å²) in [6.45, 7) is 0. The summed E-state index contributed by atoms with van der Waals surface area (Å²) in [6.07, 6.45) is 0. The van der Waals surface area contributed by atoms with Gasteiger partial charge in [0.05, 0.1) is 21.3 Å². The Balaban J connectivity index is 1.68. The van der Waals surface area contributed by atoms with Gasteiger partial charge in [-0.15, -0.1) is 0 Å². The van der Waals surface area contributed by atoms with Gasteiger partial charge in [-0.3, -0.25) is 4.79 Å². The van der Waals surface area contributed by atoms with E-state index < -0.39 is 0 Å². The molecule has 4 aromatic rings. The summed E-state index contributed by atoms with van der Waals surface area (Å²) < 4.78 is 6.52. The Bertz CT molecular complexity index is 1220. The topological polar surface area (TPSA) is 55.1 Å². The highest BCUT2D eigenvalue weighted by Gasteiger charge is 2.15. The molecule has 0 fully saturated rings. The zero-order valence-corrected chi connectivity index (χ0v) is 17.8. The fourth-order valence-electron chi connectivity index (χ4n) is 2.64. The molecule has 1 N–H and O–H groups in total. The Hall–Kier alpha value is -2.05. The van der Waals surface area contributed by atoms with Crippen LogP contribution in [0.2, 0.25) is 15.1 Å². The predicted octanol–water partition coefficient (Wildman–Crippen LogP) is 7.47. The molecule has 1 aromatic heterocycles. The molecule has 8 heteroatoms. The molecule has 0 spiro atoms. The summed E-state index contributed by atoms with van der Waals surface area (Å²) in [4.78, 5) is 17.1. The molecular weight excluding hydrogens is 486 g/mol. The first kappa shape index (κ1) is 19.3. The van der Waals surface area contributed by atoms with Crippen molar-refractivity contribution in [1.29, 1.82) is 0 Å². The van der Waals surface area contributed by atoms with E-state index in [9.17, 15) is 4.79 Å². The average molecular weight is 497 g/mol.